The van der Waals surface area contributed by atoms with Crippen LogP contribution in [0.5, 0.6) is 0 Å². The zero-order chi connectivity index (χ0) is 8.65. The van der Waals surface area contributed by atoms with Crippen LogP contribution in [0.25, 0.3) is 0 Å². The molecule has 1 aromatic heterocycles. The van der Waals surface area contributed by atoms with Crippen LogP contribution in [0.4, 0.5) is 0 Å². The molecule has 0 unspecified atom stereocenters. The van der Waals surface area contributed by atoms with Gasteiger partial charge in [-0.2, -0.15) is 0 Å². The number of hydrogen-bond acceptors (Lipinski definition) is 3. The maximum absolute atomic E-state index is 5.26. The van der Waals surface area contributed by atoms with Gasteiger partial charge in [0.05, 0.1) is 26.1 Å². The lowest BCUT2D eigenvalue weighted by atomic mass is 10.6. The highest BCUT2D eigenvalue weighted by Gasteiger charge is 1.90. The normalized spacial score (nSPS) is 10.4. The van der Waals surface area contributed by atoms with Gasteiger partial charge < -0.3 is 14.0 Å². The van der Waals surface area contributed by atoms with Gasteiger partial charge in [-0.25, -0.2) is 4.98 Å². The van der Waals surface area contributed by atoms with Crippen LogP contribution < -0.4 is 0 Å². The Morgan fingerprint density at radius 3 is 3.00 bits per heavy atom. The molecule has 0 N–H and O–H groups in total. The highest BCUT2D eigenvalue weighted by atomic mass is 16.5. The van der Waals surface area contributed by atoms with E-state index in [0.717, 1.165) is 6.54 Å². The van der Waals surface area contributed by atoms with E-state index < -0.39 is 0 Å². The van der Waals surface area contributed by atoms with E-state index in [2.05, 4.69) is 11.2 Å². The molecule has 4 heteroatoms. The van der Waals surface area contributed by atoms with Crippen molar-refractivity contribution in [3.8, 4) is 0 Å². The summed E-state index contributed by atoms with van der Waals surface area (Å²) in [5.41, 5.74) is 0. The van der Waals surface area contributed by atoms with Gasteiger partial charge in [-0.1, -0.05) is 0 Å². The smallest absolute Gasteiger partial charge is 0.108 e. The molecular formula is C8H13N2O2. The first-order valence-corrected chi connectivity index (χ1v) is 3.88. The second-order valence-corrected chi connectivity index (χ2v) is 2.35. The minimum atomic E-state index is 0.648. The third-order valence-electron chi connectivity index (χ3n) is 1.43. The minimum absolute atomic E-state index is 0.648. The highest BCUT2D eigenvalue weighted by molar-refractivity contribution is 4.71. The van der Waals surface area contributed by atoms with Gasteiger partial charge in [-0.3, -0.25) is 0 Å². The number of ether oxygens (including phenoxy) is 2. The summed E-state index contributed by atoms with van der Waals surface area (Å²) in [6.07, 6.45) is 6.23. The largest absolute Gasteiger partial charge is 0.382 e. The summed E-state index contributed by atoms with van der Waals surface area (Å²) in [5, 5.41) is 0. The Balaban J connectivity index is 1.96. The van der Waals surface area contributed by atoms with Crippen molar-refractivity contribution in [1.82, 2.24) is 9.55 Å². The number of nitrogens with zero attached hydrogens (tertiary/aromatic N) is 2. The number of imidazole rings is 1. The van der Waals surface area contributed by atoms with Crippen LogP contribution in [0, 0.1) is 6.20 Å². The first-order valence-electron chi connectivity index (χ1n) is 3.88. The van der Waals surface area contributed by atoms with E-state index in [4.69, 9.17) is 9.47 Å². The van der Waals surface area contributed by atoms with Crippen LogP contribution in [-0.4, -0.2) is 36.5 Å². The van der Waals surface area contributed by atoms with Crippen LogP contribution in [0.1, 0.15) is 0 Å². The van der Waals surface area contributed by atoms with Crippen molar-refractivity contribution in [2.24, 2.45) is 0 Å². The van der Waals surface area contributed by atoms with E-state index in [1.165, 1.54) is 0 Å². The minimum Gasteiger partial charge on any atom is -0.382 e. The summed E-state index contributed by atoms with van der Waals surface area (Å²) in [7, 11) is 1.66. The molecule has 0 amide bonds. The molecule has 0 aromatic carbocycles. The van der Waals surface area contributed by atoms with Crippen molar-refractivity contribution in [2.45, 2.75) is 6.54 Å². The molecule has 1 heterocycles. The van der Waals surface area contributed by atoms with Gasteiger partial charge in [-0.15, -0.1) is 0 Å². The summed E-state index contributed by atoms with van der Waals surface area (Å²) >= 11 is 0. The Labute approximate surface area is 72.1 Å². The third-order valence-corrected chi connectivity index (χ3v) is 1.43. The van der Waals surface area contributed by atoms with Crippen molar-refractivity contribution in [3.63, 3.8) is 0 Å². The molecule has 0 bridgehead atoms. The summed E-state index contributed by atoms with van der Waals surface area (Å²) in [5.74, 6) is 0. The summed E-state index contributed by atoms with van der Waals surface area (Å²) in [4.78, 5) is 3.79. The van der Waals surface area contributed by atoms with E-state index in [0.29, 0.717) is 19.8 Å². The number of hydrogen-bond donors (Lipinski definition) is 0. The topological polar surface area (TPSA) is 36.3 Å². The number of methoxy groups -OCH3 is 1. The Morgan fingerprint density at radius 2 is 2.33 bits per heavy atom. The fourth-order valence-corrected chi connectivity index (χ4v) is 0.785. The molecule has 0 aliphatic rings. The Hall–Kier alpha value is -0.870. The molecule has 4 nitrogen and oxygen atoms in total. The summed E-state index contributed by atoms with van der Waals surface area (Å²) in [6, 6.07) is 0. The molecule has 0 saturated carbocycles. The molecule has 12 heavy (non-hydrogen) atoms. The van der Waals surface area contributed by atoms with E-state index >= 15 is 0 Å². The molecule has 67 valence electrons. The zero-order valence-corrected chi connectivity index (χ0v) is 7.19. The predicted octanol–water partition coefficient (Wildman–Crippen LogP) is 0.346. The first kappa shape index (κ1) is 9.22. The Morgan fingerprint density at radius 1 is 1.42 bits per heavy atom. The van der Waals surface area contributed by atoms with Crippen molar-refractivity contribution in [1.29, 1.82) is 0 Å². The monoisotopic (exact) mass is 169 g/mol. The lowest BCUT2D eigenvalue weighted by Crippen LogP contribution is -2.07. The van der Waals surface area contributed by atoms with E-state index in [1.807, 2.05) is 4.57 Å². The second kappa shape index (κ2) is 5.74. The van der Waals surface area contributed by atoms with Gasteiger partial charge >= 0.3 is 0 Å². The quantitative estimate of drug-likeness (QED) is 0.576. The predicted molar refractivity (Wildman–Crippen MR) is 43.8 cm³/mol. The van der Waals surface area contributed by atoms with E-state index in [9.17, 15) is 0 Å². The zero-order valence-electron chi connectivity index (χ0n) is 7.19. The van der Waals surface area contributed by atoms with Crippen LogP contribution in [0.3, 0.4) is 0 Å². The average Bonchev–Trinajstić information content (AvgIpc) is 2.57. The summed E-state index contributed by atoms with van der Waals surface area (Å²) in [6.45, 7) is 2.80. The molecule has 0 aliphatic heterocycles. The average molecular weight is 169 g/mol. The molecule has 1 aromatic rings. The maximum atomic E-state index is 5.26. The van der Waals surface area contributed by atoms with Gasteiger partial charge in [-0.05, 0) is 0 Å². The summed E-state index contributed by atoms with van der Waals surface area (Å²) < 4.78 is 12.0. The van der Waals surface area contributed by atoms with Crippen LogP contribution in [0.2, 0.25) is 0 Å². The number of rotatable bonds is 6. The van der Waals surface area contributed by atoms with Crippen molar-refractivity contribution < 1.29 is 9.47 Å². The van der Waals surface area contributed by atoms with Gasteiger partial charge in [0, 0.05) is 19.9 Å². The molecule has 0 fully saturated rings. The van der Waals surface area contributed by atoms with Crippen LogP contribution in [-0.2, 0) is 16.0 Å². The molecule has 0 aliphatic carbocycles. The third kappa shape index (κ3) is 3.50. The van der Waals surface area contributed by atoms with Crippen molar-refractivity contribution in [3.05, 3.63) is 18.7 Å². The fraction of sp³-hybridized carbons (Fsp3) is 0.625. The van der Waals surface area contributed by atoms with Gasteiger partial charge in [0.1, 0.15) is 6.20 Å². The highest BCUT2D eigenvalue weighted by Crippen LogP contribution is 1.85. The van der Waals surface area contributed by atoms with Gasteiger partial charge in [0.15, 0.2) is 0 Å². The lowest BCUT2D eigenvalue weighted by molar-refractivity contribution is 0.0666. The van der Waals surface area contributed by atoms with Gasteiger partial charge in [0.2, 0.25) is 0 Å². The van der Waals surface area contributed by atoms with E-state index in [1.54, 1.807) is 19.6 Å². The van der Waals surface area contributed by atoms with Crippen molar-refractivity contribution in [2.75, 3.05) is 26.9 Å². The first-order chi connectivity index (χ1) is 5.93. The van der Waals surface area contributed by atoms with Crippen LogP contribution in [0.15, 0.2) is 12.5 Å². The molecule has 1 rings (SSSR count). The lowest BCUT2D eigenvalue weighted by Gasteiger charge is -2.03. The van der Waals surface area contributed by atoms with Crippen molar-refractivity contribution >= 4 is 0 Å². The van der Waals surface area contributed by atoms with E-state index in [-0.39, 0.29) is 0 Å². The maximum Gasteiger partial charge on any atom is 0.108 e. The molecule has 1 radical (unpaired) electrons. The number of aromatic nitrogens is 2. The van der Waals surface area contributed by atoms with Gasteiger partial charge in [0.25, 0.3) is 0 Å². The fourth-order valence-electron chi connectivity index (χ4n) is 0.785. The second-order valence-electron chi connectivity index (χ2n) is 2.35. The Bertz CT molecular complexity index is 187. The molecule has 0 saturated heterocycles. The standard InChI is InChI=1S/C8H13N2O2/c1-11-6-7-12-5-4-10-3-2-9-8-10/h3,8H,4-7H2,1H3. The molecule has 0 atom stereocenters. The molecular weight excluding hydrogens is 156 g/mol. The SMILES string of the molecule is COCCOCCn1c[c]nc1. The van der Waals surface area contributed by atoms with Crippen LogP contribution >= 0.6 is 0 Å². The molecule has 0 spiro atoms. The Kier molecular flexibility index (Phi) is 4.41.